The Kier molecular flexibility index (Phi) is 3.80. The van der Waals surface area contributed by atoms with Crippen LogP contribution in [0.2, 0.25) is 0 Å². The Labute approximate surface area is 130 Å². The highest BCUT2D eigenvalue weighted by atomic mass is 16.2. The van der Waals surface area contributed by atoms with Crippen molar-refractivity contribution in [3.05, 3.63) is 53.6 Å². The average Bonchev–Trinajstić information content (AvgIpc) is 2.97. The van der Waals surface area contributed by atoms with Gasteiger partial charge in [-0.3, -0.25) is 9.59 Å². The Bertz CT molecular complexity index is 732. The zero-order valence-corrected chi connectivity index (χ0v) is 12.9. The molecule has 0 aromatic heterocycles. The molecule has 1 amide bonds. The van der Waals surface area contributed by atoms with Gasteiger partial charge in [-0.2, -0.15) is 0 Å². The molecule has 0 atom stereocenters. The van der Waals surface area contributed by atoms with E-state index in [1.54, 1.807) is 6.92 Å². The second-order valence-electron chi connectivity index (χ2n) is 5.62. The Morgan fingerprint density at radius 1 is 1.05 bits per heavy atom. The summed E-state index contributed by atoms with van der Waals surface area (Å²) in [6.45, 7) is 4.24. The van der Waals surface area contributed by atoms with Crippen molar-refractivity contribution in [3.63, 3.8) is 0 Å². The molecule has 0 N–H and O–H groups in total. The van der Waals surface area contributed by atoms with Crippen LogP contribution in [0.15, 0.2) is 42.5 Å². The predicted molar refractivity (Wildman–Crippen MR) is 88.2 cm³/mol. The molecule has 1 aliphatic heterocycles. The van der Waals surface area contributed by atoms with Gasteiger partial charge in [0.25, 0.3) is 0 Å². The van der Waals surface area contributed by atoms with Gasteiger partial charge in [0.05, 0.1) is 0 Å². The smallest absolute Gasteiger partial charge is 0.223 e. The van der Waals surface area contributed by atoms with E-state index >= 15 is 0 Å². The first-order valence-corrected chi connectivity index (χ1v) is 7.65. The number of ketones is 1. The summed E-state index contributed by atoms with van der Waals surface area (Å²) in [6, 6.07) is 14.0. The fraction of sp³-hybridized carbons (Fsp3) is 0.263. The summed E-state index contributed by atoms with van der Waals surface area (Å²) in [5, 5.41) is 0. The minimum Gasteiger partial charge on any atom is -0.312 e. The average molecular weight is 293 g/mol. The summed E-state index contributed by atoms with van der Waals surface area (Å²) in [6.07, 6.45) is 1.42. The van der Waals surface area contributed by atoms with Crippen LogP contribution in [0, 0.1) is 0 Å². The summed E-state index contributed by atoms with van der Waals surface area (Å²) in [7, 11) is 0. The van der Waals surface area contributed by atoms with Crippen molar-refractivity contribution in [3.8, 4) is 11.1 Å². The van der Waals surface area contributed by atoms with Gasteiger partial charge in [0.1, 0.15) is 0 Å². The maximum absolute atomic E-state index is 11.7. The molecule has 0 spiro atoms. The Morgan fingerprint density at radius 2 is 1.73 bits per heavy atom. The summed E-state index contributed by atoms with van der Waals surface area (Å²) in [5.74, 6) is 0.256. The van der Waals surface area contributed by atoms with Gasteiger partial charge in [-0.15, -0.1) is 0 Å². The van der Waals surface area contributed by atoms with Crippen LogP contribution in [0.4, 0.5) is 5.69 Å². The molecule has 0 unspecified atom stereocenters. The van der Waals surface area contributed by atoms with E-state index in [9.17, 15) is 9.59 Å². The predicted octanol–water partition coefficient (Wildman–Crippen LogP) is 3.86. The van der Waals surface area contributed by atoms with Gasteiger partial charge in [-0.25, -0.2) is 0 Å². The number of Topliss-reactive ketones (excluding diaryl/α,β-unsaturated/α-hetero) is 1. The highest BCUT2D eigenvalue weighted by Crippen LogP contribution is 2.32. The van der Waals surface area contributed by atoms with Gasteiger partial charge in [-0.05, 0) is 35.2 Å². The number of carbonyl (C=O) groups excluding carboxylic acids is 2. The maximum atomic E-state index is 11.7. The molecule has 2 aromatic rings. The highest BCUT2D eigenvalue weighted by molar-refractivity contribution is 5.96. The number of hydrogen-bond donors (Lipinski definition) is 0. The minimum absolute atomic E-state index is 0.0916. The molecule has 1 aliphatic rings. The first-order chi connectivity index (χ1) is 10.6. The van der Waals surface area contributed by atoms with Crippen LogP contribution in [-0.2, 0) is 11.2 Å². The minimum atomic E-state index is 0.0916. The van der Waals surface area contributed by atoms with Crippen LogP contribution in [-0.4, -0.2) is 18.2 Å². The third-order valence-electron chi connectivity index (χ3n) is 4.22. The van der Waals surface area contributed by atoms with E-state index in [0.29, 0.717) is 6.42 Å². The molecule has 3 rings (SSSR count). The summed E-state index contributed by atoms with van der Waals surface area (Å²) >= 11 is 0. The number of hydrogen-bond acceptors (Lipinski definition) is 2. The molecule has 0 saturated heterocycles. The summed E-state index contributed by atoms with van der Waals surface area (Å²) < 4.78 is 0. The molecule has 0 saturated carbocycles. The van der Waals surface area contributed by atoms with E-state index in [1.807, 2.05) is 48.2 Å². The van der Waals surface area contributed by atoms with Crippen LogP contribution in [0.5, 0.6) is 0 Å². The fourth-order valence-corrected chi connectivity index (χ4v) is 2.96. The monoisotopic (exact) mass is 293 g/mol. The molecule has 3 heteroatoms. The lowest BCUT2D eigenvalue weighted by Gasteiger charge is -2.15. The van der Waals surface area contributed by atoms with Crippen LogP contribution in [0.1, 0.15) is 36.2 Å². The van der Waals surface area contributed by atoms with E-state index in [2.05, 4.69) is 6.07 Å². The quantitative estimate of drug-likeness (QED) is 0.806. The number of amides is 1. The van der Waals surface area contributed by atoms with Crippen molar-refractivity contribution < 1.29 is 9.59 Å². The zero-order chi connectivity index (χ0) is 15.7. The van der Waals surface area contributed by atoms with Crippen LogP contribution in [0.3, 0.4) is 0 Å². The second kappa shape index (κ2) is 5.76. The summed E-state index contributed by atoms with van der Waals surface area (Å²) in [5.41, 5.74) is 5.21. The van der Waals surface area contributed by atoms with Crippen molar-refractivity contribution in [1.82, 2.24) is 0 Å². The lowest BCUT2D eigenvalue weighted by Crippen LogP contribution is -2.25. The molecule has 0 aliphatic carbocycles. The Balaban J connectivity index is 1.91. The topological polar surface area (TPSA) is 37.4 Å². The number of carbonyl (C=O) groups is 2. The standard InChI is InChI=1S/C19H19NO2/c1-3-19(22)15-6-4-14(5-7-15)16-8-9-18-17(12-16)10-11-20(18)13(2)21/h4-9,12H,3,10-11H2,1-2H3. The van der Waals surface area contributed by atoms with Crippen LogP contribution >= 0.6 is 0 Å². The SMILES string of the molecule is CCC(=O)c1ccc(-c2ccc3c(c2)CCN3C(C)=O)cc1. The van der Waals surface area contributed by atoms with Gasteiger partial charge in [0, 0.05) is 31.1 Å². The molecule has 0 radical (unpaired) electrons. The molecular formula is C19H19NO2. The molecular weight excluding hydrogens is 274 g/mol. The van der Waals surface area contributed by atoms with Gasteiger partial charge >= 0.3 is 0 Å². The highest BCUT2D eigenvalue weighted by Gasteiger charge is 2.22. The van der Waals surface area contributed by atoms with Crippen LogP contribution in [0.25, 0.3) is 11.1 Å². The van der Waals surface area contributed by atoms with Crippen molar-refractivity contribution in [2.75, 3.05) is 11.4 Å². The van der Waals surface area contributed by atoms with Gasteiger partial charge in [0.15, 0.2) is 5.78 Å². The van der Waals surface area contributed by atoms with E-state index in [0.717, 1.165) is 35.3 Å². The van der Waals surface area contributed by atoms with Gasteiger partial charge < -0.3 is 4.90 Å². The van der Waals surface area contributed by atoms with E-state index in [4.69, 9.17) is 0 Å². The normalized spacial score (nSPS) is 13.1. The molecule has 0 fully saturated rings. The molecule has 3 nitrogen and oxygen atoms in total. The first-order valence-electron chi connectivity index (χ1n) is 7.65. The number of nitrogens with zero attached hydrogens (tertiary/aromatic N) is 1. The summed E-state index contributed by atoms with van der Waals surface area (Å²) in [4.78, 5) is 25.1. The van der Waals surface area contributed by atoms with E-state index in [-0.39, 0.29) is 11.7 Å². The molecule has 112 valence electrons. The van der Waals surface area contributed by atoms with Crippen molar-refractivity contribution in [2.24, 2.45) is 0 Å². The molecule has 0 bridgehead atoms. The van der Waals surface area contributed by atoms with E-state index < -0.39 is 0 Å². The third kappa shape index (κ3) is 2.54. The lowest BCUT2D eigenvalue weighted by molar-refractivity contribution is -0.116. The van der Waals surface area contributed by atoms with Crippen molar-refractivity contribution >= 4 is 17.4 Å². The Hall–Kier alpha value is -2.42. The fourth-order valence-electron chi connectivity index (χ4n) is 2.96. The maximum Gasteiger partial charge on any atom is 0.223 e. The van der Waals surface area contributed by atoms with Gasteiger partial charge in [-0.1, -0.05) is 37.3 Å². The number of rotatable bonds is 3. The Morgan fingerprint density at radius 3 is 2.36 bits per heavy atom. The van der Waals surface area contributed by atoms with Crippen molar-refractivity contribution in [1.29, 1.82) is 0 Å². The lowest BCUT2D eigenvalue weighted by atomic mass is 9.99. The van der Waals surface area contributed by atoms with Crippen molar-refractivity contribution in [2.45, 2.75) is 26.7 Å². The first kappa shape index (κ1) is 14.5. The number of anilines is 1. The largest absolute Gasteiger partial charge is 0.312 e. The second-order valence-corrected chi connectivity index (χ2v) is 5.62. The third-order valence-corrected chi connectivity index (χ3v) is 4.22. The molecule has 2 aromatic carbocycles. The number of benzene rings is 2. The van der Waals surface area contributed by atoms with Gasteiger partial charge in [0.2, 0.25) is 5.91 Å². The molecule has 22 heavy (non-hydrogen) atoms. The van der Waals surface area contributed by atoms with E-state index in [1.165, 1.54) is 5.56 Å². The number of fused-ring (bicyclic) bond motifs is 1. The van der Waals surface area contributed by atoms with Crippen LogP contribution < -0.4 is 4.90 Å². The zero-order valence-electron chi connectivity index (χ0n) is 12.9. The molecule has 1 heterocycles.